The molecule has 2 rings (SSSR count). The van der Waals surface area contributed by atoms with Gasteiger partial charge in [0.25, 0.3) is 0 Å². The van der Waals surface area contributed by atoms with Crippen LogP contribution < -0.4 is 5.32 Å². The number of nitrogens with zero attached hydrogens (tertiary/aromatic N) is 3. The van der Waals surface area contributed by atoms with E-state index in [0.717, 1.165) is 19.6 Å². The van der Waals surface area contributed by atoms with Crippen molar-refractivity contribution in [1.29, 1.82) is 0 Å². The Hall–Kier alpha value is -0.870. The van der Waals surface area contributed by atoms with Gasteiger partial charge in [-0.2, -0.15) is 5.10 Å². The molecule has 0 spiro atoms. The second-order valence-corrected chi connectivity index (χ2v) is 6.48. The average Bonchev–Trinajstić information content (AvgIpc) is 2.74. The maximum absolute atomic E-state index is 4.52. The minimum absolute atomic E-state index is 0.596. The Morgan fingerprint density at radius 3 is 2.58 bits per heavy atom. The SMILES string of the molecule is CC(C)C1CN(Cc2ccn(C)n2)C(C(C)C)CN1. The molecule has 4 heteroatoms. The highest BCUT2D eigenvalue weighted by Gasteiger charge is 2.31. The van der Waals surface area contributed by atoms with Gasteiger partial charge in [-0.1, -0.05) is 27.7 Å². The van der Waals surface area contributed by atoms with Crippen molar-refractivity contribution in [2.75, 3.05) is 13.1 Å². The minimum atomic E-state index is 0.596. The molecule has 4 nitrogen and oxygen atoms in total. The highest BCUT2D eigenvalue weighted by atomic mass is 15.3. The van der Waals surface area contributed by atoms with E-state index >= 15 is 0 Å². The molecule has 1 aromatic heterocycles. The summed E-state index contributed by atoms with van der Waals surface area (Å²) in [5.41, 5.74) is 1.18. The molecule has 1 N–H and O–H groups in total. The zero-order valence-corrected chi connectivity index (χ0v) is 12.9. The summed E-state index contributed by atoms with van der Waals surface area (Å²) >= 11 is 0. The van der Waals surface area contributed by atoms with E-state index in [1.54, 1.807) is 0 Å². The summed E-state index contributed by atoms with van der Waals surface area (Å²) in [5.74, 6) is 1.35. The number of hydrogen-bond donors (Lipinski definition) is 1. The predicted octanol–water partition coefficient (Wildman–Crippen LogP) is 1.87. The zero-order valence-electron chi connectivity index (χ0n) is 12.9. The van der Waals surface area contributed by atoms with Crippen molar-refractivity contribution >= 4 is 0 Å². The molecular weight excluding hydrogens is 236 g/mol. The minimum Gasteiger partial charge on any atom is -0.311 e. The van der Waals surface area contributed by atoms with E-state index in [1.807, 2.05) is 17.9 Å². The first-order valence-electron chi connectivity index (χ1n) is 7.43. The quantitative estimate of drug-likeness (QED) is 0.901. The van der Waals surface area contributed by atoms with Crippen LogP contribution in [-0.4, -0.2) is 39.9 Å². The lowest BCUT2D eigenvalue weighted by atomic mass is 9.94. The van der Waals surface area contributed by atoms with Crippen molar-refractivity contribution < 1.29 is 0 Å². The molecule has 0 amide bonds. The summed E-state index contributed by atoms with van der Waals surface area (Å²) < 4.78 is 1.89. The molecule has 1 fully saturated rings. The van der Waals surface area contributed by atoms with Crippen LogP contribution in [0.2, 0.25) is 0 Å². The van der Waals surface area contributed by atoms with Crippen LogP contribution in [0.15, 0.2) is 12.3 Å². The van der Waals surface area contributed by atoms with E-state index in [1.165, 1.54) is 5.69 Å². The highest BCUT2D eigenvalue weighted by Crippen LogP contribution is 2.20. The zero-order chi connectivity index (χ0) is 14.0. The highest BCUT2D eigenvalue weighted by molar-refractivity contribution is 5.01. The van der Waals surface area contributed by atoms with Crippen molar-refractivity contribution in [3.8, 4) is 0 Å². The molecular formula is C15H28N4. The molecule has 0 aliphatic carbocycles. The fraction of sp³-hybridized carbons (Fsp3) is 0.800. The first kappa shape index (κ1) is 14.5. The van der Waals surface area contributed by atoms with Crippen LogP contribution in [0, 0.1) is 11.8 Å². The summed E-state index contributed by atoms with van der Waals surface area (Å²) in [6, 6.07) is 3.33. The van der Waals surface area contributed by atoms with Crippen LogP contribution in [0.1, 0.15) is 33.4 Å². The lowest BCUT2D eigenvalue weighted by molar-refractivity contribution is 0.0771. The average molecular weight is 264 g/mol. The van der Waals surface area contributed by atoms with E-state index in [9.17, 15) is 0 Å². The number of rotatable bonds is 4. The van der Waals surface area contributed by atoms with E-state index in [-0.39, 0.29) is 0 Å². The Morgan fingerprint density at radius 1 is 1.32 bits per heavy atom. The molecule has 0 aromatic carbocycles. The summed E-state index contributed by atoms with van der Waals surface area (Å²) in [7, 11) is 1.98. The van der Waals surface area contributed by atoms with Crippen molar-refractivity contribution in [2.45, 2.75) is 46.3 Å². The van der Waals surface area contributed by atoms with Crippen LogP contribution in [0.25, 0.3) is 0 Å². The monoisotopic (exact) mass is 264 g/mol. The van der Waals surface area contributed by atoms with E-state index in [0.29, 0.717) is 23.9 Å². The molecule has 19 heavy (non-hydrogen) atoms. The summed E-state index contributed by atoms with van der Waals surface area (Å²) in [5, 5.41) is 8.23. The number of nitrogens with one attached hydrogen (secondary N) is 1. The van der Waals surface area contributed by atoms with Crippen molar-refractivity contribution in [1.82, 2.24) is 20.0 Å². The van der Waals surface area contributed by atoms with Gasteiger partial charge in [-0.3, -0.25) is 9.58 Å². The first-order chi connectivity index (χ1) is 8.97. The molecule has 0 saturated carbocycles. The Kier molecular flexibility index (Phi) is 4.63. The molecule has 0 radical (unpaired) electrons. The lowest BCUT2D eigenvalue weighted by Crippen LogP contribution is -2.59. The van der Waals surface area contributed by atoms with Crippen LogP contribution in [0.3, 0.4) is 0 Å². The van der Waals surface area contributed by atoms with E-state index in [4.69, 9.17) is 0 Å². The molecule has 1 saturated heterocycles. The van der Waals surface area contributed by atoms with Gasteiger partial charge < -0.3 is 5.32 Å². The third-order valence-electron chi connectivity index (χ3n) is 4.20. The molecule has 0 bridgehead atoms. The van der Waals surface area contributed by atoms with E-state index in [2.05, 4.69) is 49.1 Å². The molecule has 2 heterocycles. The second-order valence-electron chi connectivity index (χ2n) is 6.48. The molecule has 2 unspecified atom stereocenters. The molecule has 1 aromatic rings. The lowest BCUT2D eigenvalue weighted by Gasteiger charge is -2.43. The Bertz CT molecular complexity index is 397. The Labute approximate surface area is 117 Å². The number of aryl methyl sites for hydroxylation is 1. The van der Waals surface area contributed by atoms with Crippen LogP contribution in [0.5, 0.6) is 0 Å². The number of hydrogen-bond acceptors (Lipinski definition) is 3. The summed E-state index contributed by atoms with van der Waals surface area (Å²) in [6.07, 6.45) is 2.03. The van der Waals surface area contributed by atoms with Gasteiger partial charge in [0.05, 0.1) is 5.69 Å². The van der Waals surface area contributed by atoms with Gasteiger partial charge in [0.15, 0.2) is 0 Å². The van der Waals surface area contributed by atoms with Crippen LogP contribution >= 0.6 is 0 Å². The maximum Gasteiger partial charge on any atom is 0.0764 e. The van der Waals surface area contributed by atoms with Gasteiger partial charge in [0, 0.05) is 45.0 Å². The fourth-order valence-electron chi connectivity index (χ4n) is 2.90. The van der Waals surface area contributed by atoms with Gasteiger partial charge in [-0.15, -0.1) is 0 Å². The summed E-state index contributed by atoms with van der Waals surface area (Å²) in [6.45, 7) is 12.4. The number of piperazine rings is 1. The third-order valence-corrected chi connectivity index (χ3v) is 4.20. The van der Waals surface area contributed by atoms with Gasteiger partial charge in [-0.25, -0.2) is 0 Å². The Morgan fingerprint density at radius 2 is 2.05 bits per heavy atom. The van der Waals surface area contributed by atoms with Crippen LogP contribution in [-0.2, 0) is 13.6 Å². The van der Waals surface area contributed by atoms with Crippen molar-refractivity contribution in [3.05, 3.63) is 18.0 Å². The predicted molar refractivity (Wildman–Crippen MR) is 78.9 cm³/mol. The maximum atomic E-state index is 4.52. The number of aromatic nitrogens is 2. The van der Waals surface area contributed by atoms with Gasteiger partial charge in [-0.05, 0) is 17.9 Å². The largest absolute Gasteiger partial charge is 0.311 e. The van der Waals surface area contributed by atoms with Gasteiger partial charge >= 0.3 is 0 Å². The normalized spacial score (nSPS) is 25.4. The molecule has 2 atom stereocenters. The molecule has 1 aliphatic heterocycles. The van der Waals surface area contributed by atoms with Crippen LogP contribution in [0.4, 0.5) is 0 Å². The topological polar surface area (TPSA) is 33.1 Å². The van der Waals surface area contributed by atoms with Crippen molar-refractivity contribution in [3.63, 3.8) is 0 Å². The standard InChI is InChI=1S/C15H28N4/c1-11(2)14-10-19(15(8-16-14)12(3)4)9-13-6-7-18(5)17-13/h6-7,11-12,14-16H,8-10H2,1-5H3. The first-order valence-corrected chi connectivity index (χ1v) is 7.43. The fourth-order valence-corrected chi connectivity index (χ4v) is 2.90. The third kappa shape index (κ3) is 3.57. The second kappa shape index (κ2) is 6.06. The molecule has 1 aliphatic rings. The summed E-state index contributed by atoms with van der Waals surface area (Å²) in [4.78, 5) is 2.61. The van der Waals surface area contributed by atoms with Gasteiger partial charge in [0.2, 0.25) is 0 Å². The smallest absolute Gasteiger partial charge is 0.0764 e. The van der Waals surface area contributed by atoms with Crippen molar-refractivity contribution in [2.24, 2.45) is 18.9 Å². The molecule has 108 valence electrons. The Balaban J connectivity index is 2.07. The van der Waals surface area contributed by atoms with Gasteiger partial charge in [0.1, 0.15) is 0 Å². The van der Waals surface area contributed by atoms with E-state index < -0.39 is 0 Å².